The number of hydrogen-bond donors (Lipinski definition) is 1. The molecule has 0 spiro atoms. The van der Waals surface area contributed by atoms with E-state index in [-0.39, 0.29) is 6.04 Å². The quantitative estimate of drug-likeness (QED) is 0.909. The minimum absolute atomic E-state index is 0.229. The fourth-order valence-corrected chi connectivity index (χ4v) is 2.50. The summed E-state index contributed by atoms with van der Waals surface area (Å²) in [5, 5.41) is 19.1. The Bertz CT molecular complexity index is 640. The molecular weight excluding hydrogens is 268 g/mol. The number of hydrogen-bond acceptors (Lipinski definition) is 6. The first kappa shape index (κ1) is 13.9. The average Bonchev–Trinajstić information content (AvgIpc) is 3.06. The van der Waals surface area contributed by atoms with Crippen molar-refractivity contribution in [2.75, 3.05) is 18.0 Å². The highest BCUT2D eigenvalue weighted by Crippen LogP contribution is 2.32. The molecule has 7 heteroatoms. The molecule has 7 nitrogen and oxygen atoms in total. The molecule has 0 bridgehead atoms. The molecule has 3 rings (SSSR count). The van der Waals surface area contributed by atoms with Crippen LogP contribution in [0.4, 0.5) is 5.95 Å². The van der Waals surface area contributed by atoms with Crippen molar-refractivity contribution in [3.05, 3.63) is 29.8 Å². The lowest BCUT2D eigenvalue weighted by molar-refractivity contribution is 0.0558. The number of aromatic nitrogens is 5. The lowest BCUT2D eigenvalue weighted by Crippen LogP contribution is -2.32. The van der Waals surface area contributed by atoms with Gasteiger partial charge in [-0.25, -0.2) is 14.6 Å². The smallest absolute Gasteiger partial charge is 0.225 e. The molecule has 112 valence electrons. The van der Waals surface area contributed by atoms with E-state index in [1.54, 1.807) is 10.9 Å². The maximum atomic E-state index is 10.8. The molecule has 0 saturated carbocycles. The molecule has 1 fully saturated rings. The lowest BCUT2D eigenvalue weighted by atomic mass is 10.00. The summed E-state index contributed by atoms with van der Waals surface area (Å²) in [7, 11) is 0. The highest BCUT2D eigenvalue weighted by molar-refractivity contribution is 5.35. The number of aryl methyl sites for hydroxylation is 1. The van der Waals surface area contributed by atoms with Crippen LogP contribution >= 0.6 is 0 Å². The van der Waals surface area contributed by atoms with Gasteiger partial charge in [-0.3, -0.25) is 0 Å². The zero-order valence-corrected chi connectivity index (χ0v) is 12.6. The highest BCUT2D eigenvalue weighted by Gasteiger charge is 2.41. The van der Waals surface area contributed by atoms with Crippen LogP contribution in [0.25, 0.3) is 0 Å². The minimum atomic E-state index is -0.986. The van der Waals surface area contributed by atoms with Gasteiger partial charge in [0.15, 0.2) is 0 Å². The Morgan fingerprint density at radius 1 is 1.38 bits per heavy atom. The largest absolute Gasteiger partial charge is 0.381 e. The molecule has 1 unspecified atom stereocenters. The second-order valence-electron chi connectivity index (χ2n) is 5.88. The van der Waals surface area contributed by atoms with Gasteiger partial charge in [0.2, 0.25) is 5.95 Å². The molecule has 2 aromatic heterocycles. The van der Waals surface area contributed by atoms with Crippen molar-refractivity contribution >= 4 is 5.95 Å². The van der Waals surface area contributed by atoms with Gasteiger partial charge in [0.05, 0.1) is 12.7 Å². The van der Waals surface area contributed by atoms with Gasteiger partial charge in [-0.2, -0.15) is 0 Å². The zero-order chi connectivity index (χ0) is 15.0. The Kier molecular flexibility index (Phi) is 3.36. The van der Waals surface area contributed by atoms with Crippen molar-refractivity contribution < 1.29 is 5.11 Å². The maximum absolute atomic E-state index is 10.8. The van der Waals surface area contributed by atoms with E-state index in [9.17, 15) is 5.11 Å². The predicted octanol–water partition coefficient (Wildman–Crippen LogP) is 1.06. The van der Waals surface area contributed by atoms with Crippen LogP contribution in [0.15, 0.2) is 18.5 Å². The summed E-state index contributed by atoms with van der Waals surface area (Å²) < 4.78 is 1.76. The Hall–Kier alpha value is -2.02. The normalized spacial score (nSPS) is 22.2. The van der Waals surface area contributed by atoms with Crippen molar-refractivity contribution in [2.24, 2.45) is 0 Å². The van der Waals surface area contributed by atoms with Gasteiger partial charge in [-0.1, -0.05) is 5.21 Å². The van der Waals surface area contributed by atoms with Gasteiger partial charge in [0.25, 0.3) is 0 Å². The molecule has 2 aromatic rings. The maximum Gasteiger partial charge on any atom is 0.225 e. The summed E-state index contributed by atoms with van der Waals surface area (Å²) in [6.07, 6.45) is 4.16. The van der Waals surface area contributed by atoms with Gasteiger partial charge in [-0.05, 0) is 26.8 Å². The van der Waals surface area contributed by atoms with E-state index >= 15 is 0 Å². The zero-order valence-electron chi connectivity index (χ0n) is 12.6. The van der Waals surface area contributed by atoms with E-state index in [4.69, 9.17) is 0 Å². The molecule has 0 aliphatic carbocycles. The molecule has 3 heterocycles. The molecule has 0 aromatic carbocycles. The van der Waals surface area contributed by atoms with Crippen LogP contribution in [-0.4, -0.2) is 43.2 Å². The fourth-order valence-electron chi connectivity index (χ4n) is 2.50. The van der Waals surface area contributed by atoms with E-state index in [2.05, 4.69) is 20.3 Å². The summed E-state index contributed by atoms with van der Waals surface area (Å²) in [5.74, 6) is 0.655. The number of anilines is 1. The molecule has 1 atom stereocenters. The van der Waals surface area contributed by atoms with Crippen molar-refractivity contribution in [1.82, 2.24) is 25.0 Å². The van der Waals surface area contributed by atoms with Crippen LogP contribution in [0.5, 0.6) is 0 Å². The van der Waals surface area contributed by atoms with Crippen molar-refractivity contribution in [3.8, 4) is 0 Å². The van der Waals surface area contributed by atoms with E-state index in [1.807, 2.05) is 37.9 Å². The summed E-state index contributed by atoms with van der Waals surface area (Å²) in [4.78, 5) is 10.7. The van der Waals surface area contributed by atoms with Crippen molar-refractivity contribution in [3.63, 3.8) is 0 Å². The third-order valence-corrected chi connectivity index (χ3v) is 3.83. The third kappa shape index (κ3) is 2.61. The lowest BCUT2D eigenvalue weighted by Gasteiger charge is -2.21. The molecule has 1 aliphatic rings. The van der Waals surface area contributed by atoms with Crippen molar-refractivity contribution in [2.45, 2.75) is 38.8 Å². The van der Waals surface area contributed by atoms with Gasteiger partial charge in [0, 0.05) is 30.9 Å². The summed E-state index contributed by atoms with van der Waals surface area (Å²) in [6.45, 7) is 7.14. The first-order valence-corrected chi connectivity index (χ1v) is 7.17. The fraction of sp³-hybridized carbons (Fsp3) is 0.571. The third-order valence-electron chi connectivity index (χ3n) is 3.83. The monoisotopic (exact) mass is 288 g/mol. The summed E-state index contributed by atoms with van der Waals surface area (Å²) >= 11 is 0. The Labute approximate surface area is 123 Å². The van der Waals surface area contributed by atoms with Crippen molar-refractivity contribution in [1.29, 1.82) is 0 Å². The van der Waals surface area contributed by atoms with Gasteiger partial charge < -0.3 is 10.0 Å². The van der Waals surface area contributed by atoms with E-state index in [0.29, 0.717) is 31.2 Å². The average molecular weight is 288 g/mol. The first-order valence-electron chi connectivity index (χ1n) is 7.17. The Morgan fingerprint density at radius 2 is 2.19 bits per heavy atom. The topological polar surface area (TPSA) is 80.0 Å². The second kappa shape index (κ2) is 5.07. The van der Waals surface area contributed by atoms with Crippen LogP contribution in [-0.2, 0) is 5.60 Å². The van der Waals surface area contributed by atoms with Gasteiger partial charge in [0.1, 0.15) is 11.3 Å². The second-order valence-corrected chi connectivity index (χ2v) is 5.88. The molecule has 0 amide bonds. The first-order chi connectivity index (χ1) is 9.98. The standard InChI is InChI=1S/C14H20N6O/c1-10(2)20-8-12(17-18-20)14(21)5-7-19(9-14)13-15-6-4-11(3)16-13/h4,6,8,10,21H,5,7,9H2,1-3H3. The van der Waals surface area contributed by atoms with E-state index in [1.165, 1.54) is 0 Å². The van der Waals surface area contributed by atoms with Crippen LogP contribution in [0.3, 0.4) is 0 Å². The number of rotatable bonds is 3. The summed E-state index contributed by atoms with van der Waals surface area (Å²) in [6, 6.07) is 2.09. The van der Waals surface area contributed by atoms with Crippen LogP contribution < -0.4 is 4.90 Å². The molecule has 1 N–H and O–H groups in total. The number of β-amino-alcohol motifs (C(OH)–C–C–N with tert-alkyl or cyclic N) is 1. The van der Waals surface area contributed by atoms with Gasteiger partial charge >= 0.3 is 0 Å². The van der Waals surface area contributed by atoms with Gasteiger partial charge in [-0.15, -0.1) is 5.10 Å². The van der Waals surface area contributed by atoms with E-state index in [0.717, 1.165) is 5.69 Å². The Morgan fingerprint density at radius 3 is 2.86 bits per heavy atom. The predicted molar refractivity (Wildman–Crippen MR) is 77.9 cm³/mol. The minimum Gasteiger partial charge on any atom is -0.381 e. The molecular formula is C14H20N6O. The molecule has 1 saturated heterocycles. The molecule has 21 heavy (non-hydrogen) atoms. The van der Waals surface area contributed by atoms with Crippen LogP contribution in [0.1, 0.15) is 37.7 Å². The molecule has 1 aliphatic heterocycles. The van der Waals surface area contributed by atoms with Crippen LogP contribution in [0.2, 0.25) is 0 Å². The summed E-state index contributed by atoms with van der Waals surface area (Å²) in [5.41, 5.74) is 0.549. The highest BCUT2D eigenvalue weighted by atomic mass is 16.3. The van der Waals surface area contributed by atoms with Crippen LogP contribution in [0, 0.1) is 6.92 Å². The molecule has 0 radical (unpaired) electrons. The number of nitrogens with zero attached hydrogens (tertiary/aromatic N) is 6. The SMILES string of the molecule is Cc1ccnc(N2CCC(O)(c3cn(C(C)C)nn3)C2)n1. The Balaban J connectivity index is 1.81. The number of aliphatic hydroxyl groups is 1. The van der Waals surface area contributed by atoms with E-state index < -0.39 is 5.60 Å².